The molecule has 0 spiro atoms. The number of fused-ring (bicyclic) bond motifs is 2. The topological polar surface area (TPSA) is 132 Å². The van der Waals surface area contributed by atoms with Gasteiger partial charge in [0, 0.05) is 11.8 Å². The molecule has 3 N–H and O–H groups in total. The Labute approximate surface area is 159 Å². The molecule has 3 heterocycles. The van der Waals surface area contributed by atoms with E-state index in [9.17, 15) is 19.8 Å². The number of carbonyl (C=O) groups excluding carboxylic acids is 1. The van der Waals surface area contributed by atoms with Crippen LogP contribution in [0.1, 0.15) is 16.6 Å². The van der Waals surface area contributed by atoms with Crippen molar-refractivity contribution in [2.24, 2.45) is 0 Å². The average molecular weight is 389 g/mol. The second kappa shape index (κ2) is 7.41. The number of nitrogens with zero attached hydrogens (tertiary/aromatic N) is 2. The summed E-state index contributed by atoms with van der Waals surface area (Å²) < 4.78 is 17.5. The first-order valence-electron chi connectivity index (χ1n) is 8.66. The first-order chi connectivity index (χ1) is 13.5. The lowest BCUT2D eigenvalue weighted by Crippen LogP contribution is -2.48. The van der Waals surface area contributed by atoms with Crippen LogP contribution in [-0.2, 0) is 14.2 Å². The number of aliphatic hydroxyl groups is 2. The third-order valence-corrected chi connectivity index (χ3v) is 4.83. The van der Waals surface area contributed by atoms with Gasteiger partial charge >= 0.3 is 5.69 Å². The highest BCUT2D eigenvalue weighted by atomic mass is 16.7. The predicted octanol–water partition coefficient (Wildman–Crippen LogP) is -0.511. The number of rotatable bonds is 4. The molecule has 4 atom stereocenters. The number of carbonyl (C=O) groups is 1. The molecule has 2 aromatic rings. The van der Waals surface area contributed by atoms with E-state index in [1.54, 1.807) is 30.3 Å². The highest BCUT2D eigenvalue weighted by Gasteiger charge is 2.57. The Balaban J connectivity index is 1.57. The van der Waals surface area contributed by atoms with Crippen LogP contribution >= 0.6 is 0 Å². The fourth-order valence-corrected chi connectivity index (χ4v) is 3.31. The molecule has 0 unspecified atom stereocenters. The summed E-state index contributed by atoms with van der Waals surface area (Å²) in [5.74, 6) is -0.320. The molecule has 0 radical (unpaired) electrons. The number of benzene rings is 1. The largest absolute Gasteiger partial charge is 0.393 e. The SMILES string of the molecule is O=C(Nc1ccn([C@@H]2O[C@@]3(CO)COCO[C@@H]2[C@@H]3O)c(=O)n1)c1ccccc1. The van der Waals surface area contributed by atoms with Gasteiger partial charge in [0.1, 0.15) is 30.4 Å². The summed E-state index contributed by atoms with van der Waals surface area (Å²) in [6.45, 7) is -0.681. The molecule has 2 saturated heterocycles. The third-order valence-electron chi connectivity index (χ3n) is 4.83. The lowest BCUT2D eigenvalue weighted by molar-refractivity contribution is -0.199. The number of hydrogen-bond donors (Lipinski definition) is 3. The summed E-state index contributed by atoms with van der Waals surface area (Å²) in [4.78, 5) is 28.6. The van der Waals surface area contributed by atoms with E-state index in [2.05, 4.69) is 10.3 Å². The van der Waals surface area contributed by atoms with E-state index in [0.717, 1.165) is 4.57 Å². The van der Waals surface area contributed by atoms with Crippen LogP contribution in [-0.4, -0.2) is 63.5 Å². The summed E-state index contributed by atoms with van der Waals surface area (Å²) in [5, 5.41) is 22.7. The van der Waals surface area contributed by atoms with Crippen molar-refractivity contribution in [2.45, 2.75) is 24.0 Å². The van der Waals surface area contributed by atoms with Crippen LogP contribution in [0.3, 0.4) is 0 Å². The fourth-order valence-electron chi connectivity index (χ4n) is 3.31. The van der Waals surface area contributed by atoms with E-state index in [4.69, 9.17) is 14.2 Å². The van der Waals surface area contributed by atoms with Crippen molar-refractivity contribution in [3.63, 3.8) is 0 Å². The Kier molecular flexibility index (Phi) is 4.96. The van der Waals surface area contributed by atoms with Gasteiger partial charge in [0.15, 0.2) is 6.23 Å². The first-order valence-corrected chi connectivity index (χ1v) is 8.66. The number of anilines is 1. The van der Waals surface area contributed by atoms with Crippen molar-refractivity contribution in [3.8, 4) is 0 Å². The summed E-state index contributed by atoms with van der Waals surface area (Å²) >= 11 is 0. The Morgan fingerprint density at radius 2 is 2.11 bits per heavy atom. The minimum absolute atomic E-state index is 0.0783. The van der Waals surface area contributed by atoms with E-state index >= 15 is 0 Å². The van der Waals surface area contributed by atoms with Gasteiger partial charge in [-0.15, -0.1) is 0 Å². The van der Waals surface area contributed by atoms with Gasteiger partial charge < -0.3 is 29.7 Å². The van der Waals surface area contributed by atoms with E-state index in [-0.39, 0.29) is 19.2 Å². The molecule has 2 fully saturated rings. The van der Waals surface area contributed by atoms with Gasteiger partial charge in [-0.2, -0.15) is 4.98 Å². The molecule has 0 saturated carbocycles. The molecule has 2 aliphatic heterocycles. The second-order valence-corrected chi connectivity index (χ2v) is 6.60. The van der Waals surface area contributed by atoms with Gasteiger partial charge in [-0.25, -0.2) is 4.79 Å². The molecular weight excluding hydrogens is 370 g/mol. The van der Waals surface area contributed by atoms with Crippen molar-refractivity contribution < 1.29 is 29.2 Å². The molecular formula is C18H19N3O7. The van der Waals surface area contributed by atoms with Gasteiger partial charge in [0.25, 0.3) is 5.91 Å². The second-order valence-electron chi connectivity index (χ2n) is 6.60. The van der Waals surface area contributed by atoms with Crippen molar-refractivity contribution in [1.82, 2.24) is 9.55 Å². The van der Waals surface area contributed by atoms with E-state index in [1.165, 1.54) is 12.3 Å². The molecule has 0 aliphatic carbocycles. The summed E-state index contributed by atoms with van der Waals surface area (Å²) in [5.41, 5.74) is -1.66. The Bertz CT molecular complexity index is 919. The zero-order valence-electron chi connectivity index (χ0n) is 14.7. The van der Waals surface area contributed by atoms with Crippen molar-refractivity contribution in [1.29, 1.82) is 0 Å². The molecule has 10 nitrogen and oxygen atoms in total. The van der Waals surface area contributed by atoms with Gasteiger partial charge in [0.05, 0.1) is 13.2 Å². The van der Waals surface area contributed by atoms with Crippen LogP contribution in [0.4, 0.5) is 5.82 Å². The maximum atomic E-state index is 12.5. The van der Waals surface area contributed by atoms with Crippen molar-refractivity contribution in [2.75, 3.05) is 25.3 Å². The number of aliphatic hydroxyl groups excluding tert-OH is 2. The van der Waals surface area contributed by atoms with E-state index in [1.807, 2.05) is 0 Å². The quantitative estimate of drug-likeness (QED) is 0.637. The third kappa shape index (κ3) is 3.21. The maximum Gasteiger partial charge on any atom is 0.351 e. The zero-order valence-corrected chi connectivity index (χ0v) is 14.7. The van der Waals surface area contributed by atoms with Crippen molar-refractivity contribution in [3.05, 3.63) is 58.6 Å². The molecule has 28 heavy (non-hydrogen) atoms. The number of nitrogens with one attached hydrogen (secondary N) is 1. The summed E-state index contributed by atoms with van der Waals surface area (Å²) in [6, 6.07) is 9.96. The Morgan fingerprint density at radius 1 is 1.32 bits per heavy atom. The molecule has 1 amide bonds. The number of aromatic nitrogens is 2. The normalized spacial score (nSPS) is 29.3. The van der Waals surface area contributed by atoms with Crippen LogP contribution in [0, 0.1) is 0 Å². The first kappa shape index (κ1) is 18.7. The average Bonchev–Trinajstić information content (AvgIpc) is 2.85. The van der Waals surface area contributed by atoms with Crippen molar-refractivity contribution >= 4 is 11.7 Å². The smallest absolute Gasteiger partial charge is 0.351 e. The van der Waals surface area contributed by atoms with Gasteiger partial charge in [-0.3, -0.25) is 9.36 Å². The fraction of sp³-hybridized carbons (Fsp3) is 0.389. The van der Waals surface area contributed by atoms with Crippen LogP contribution in [0.25, 0.3) is 0 Å². The maximum absolute atomic E-state index is 12.5. The van der Waals surface area contributed by atoms with E-state index in [0.29, 0.717) is 5.56 Å². The van der Waals surface area contributed by atoms with Crippen LogP contribution in [0.15, 0.2) is 47.4 Å². The highest BCUT2D eigenvalue weighted by Crippen LogP contribution is 2.40. The van der Waals surface area contributed by atoms with Crippen LogP contribution in [0.2, 0.25) is 0 Å². The molecule has 148 valence electrons. The van der Waals surface area contributed by atoms with Crippen LogP contribution < -0.4 is 11.0 Å². The highest BCUT2D eigenvalue weighted by molar-refractivity contribution is 6.03. The standard InChI is InChI=1S/C18H19N3O7/c22-8-18-9-26-10-27-13(14(18)23)16(28-18)21-7-6-12(20-17(21)25)19-15(24)11-4-2-1-3-5-11/h1-7,13-14,16,22-23H,8-10H2,(H,19,20,24,25)/t13-,14+,16-,18+/m1/s1. The number of ether oxygens (including phenoxy) is 3. The van der Waals surface area contributed by atoms with Crippen LogP contribution in [0.5, 0.6) is 0 Å². The Morgan fingerprint density at radius 3 is 2.82 bits per heavy atom. The Hall–Kier alpha value is -2.63. The lowest BCUT2D eigenvalue weighted by Gasteiger charge is -2.28. The monoisotopic (exact) mass is 389 g/mol. The van der Waals surface area contributed by atoms with Gasteiger partial charge in [-0.1, -0.05) is 18.2 Å². The molecule has 2 bridgehead atoms. The van der Waals surface area contributed by atoms with Gasteiger partial charge in [0.2, 0.25) is 0 Å². The summed E-state index contributed by atoms with van der Waals surface area (Å²) in [6.07, 6.45) is -1.71. The molecule has 10 heteroatoms. The summed E-state index contributed by atoms with van der Waals surface area (Å²) in [7, 11) is 0. The minimum Gasteiger partial charge on any atom is -0.393 e. The molecule has 2 aliphatic rings. The lowest BCUT2D eigenvalue weighted by atomic mass is 9.97. The van der Waals surface area contributed by atoms with Gasteiger partial charge in [-0.05, 0) is 18.2 Å². The number of amides is 1. The minimum atomic E-state index is -1.38. The number of hydrogen-bond acceptors (Lipinski definition) is 8. The molecule has 4 rings (SSSR count). The molecule has 1 aromatic heterocycles. The molecule has 1 aromatic carbocycles. The predicted molar refractivity (Wildman–Crippen MR) is 94.5 cm³/mol. The zero-order chi connectivity index (χ0) is 19.7. The van der Waals surface area contributed by atoms with E-state index < -0.39 is 42.2 Å².